The second-order valence-electron chi connectivity index (χ2n) is 17.4. The Morgan fingerprint density at radius 3 is 0.494 bits per heavy atom. The maximum atomic E-state index is 14.4. The van der Waals surface area contributed by atoms with Crippen molar-refractivity contribution < 1.29 is 230 Å². The fourth-order valence-corrected chi connectivity index (χ4v) is 6.66. The fraction of sp³-hybridized carbons (Fsp3) is 1.00. The highest BCUT2D eigenvalue weighted by Crippen LogP contribution is 2.52. The lowest BCUT2D eigenvalue weighted by Gasteiger charge is -2.35. The number of ether oxygens (including phenoxy) is 8. The van der Waals surface area contributed by atoms with Gasteiger partial charge in [-0.15, -0.1) is 0 Å². The van der Waals surface area contributed by atoms with Crippen LogP contribution in [0.3, 0.4) is 0 Å². The van der Waals surface area contributed by atoms with Crippen LogP contribution in [0, 0.1) is 5.41 Å². The molecule has 0 aliphatic rings. The molecule has 0 radical (unpaired) electrons. The van der Waals surface area contributed by atoms with E-state index in [4.69, 9.17) is 18.9 Å². The summed E-state index contributed by atoms with van der Waals surface area (Å²) in [7, 11) is -31.0. The predicted molar refractivity (Wildman–Crippen MR) is 205 cm³/mol. The Kier molecular flexibility index (Phi) is 26.9. The van der Waals surface area contributed by atoms with Crippen molar-refractivity contribution in [2.75, 3.05) is 52.9 Å². The molecule has 0 N–H and O–H groups in total. The minimum atomic E-state index is -7.74. The molecule has 0 aliphatic heterocycles. The standard InChI is InChI=1S/C33H36F32O20S4/c34-18(35,22(42,43)82-26(50,51)30(58,59)86(66,67)68)5-1-9-78-13-17(14-79-10-2-6-19(36,37)23(44,45)83-27(52,53)31(60,61)87(69,70)71,15-80-11-3-7-20(38,39)24(46,47)84-28(54,55)32(62,63)88(72,73)74)16-81-12-4-8-21(40,41)25(48,49)85-29(56,57)33(64,65)89(75,76)77/h1-16H2,(H,66,67,68)(H,69,70,71)(H,72,73,74)(H,75,76,77)/p-4. The summed E-state index contributed by atoms with van der Waals surface area (Å²) in [6.45, 7) is -14.1. The van der Waals surface area contributed by atoms with E-state index in [-0.39, 0.29) is 0 Å². The molecule has 0 heterocycles. The third kappa shape index (κ3) is 20.5. The van der Waals surface area contributed by atoms with Gasteiger partial charge in [0.25, 0.3) is 0 Å². The molecule has 0 amide bonds. The van der Waals surface area contributed by atoms with Gasteiger partial charge >= 0.3 is 93.6 Å². The van der Waals surface area contributed by atoms with Crippen LogP contribution >= 0.6 is 0 Å². The van der Waals surface area contributed by atoms with E-state index in [2.05, 4.69) is 0 Å². The zero-order chi connectivity index (χ0) is 71.5. The highest BCUT2D eigenvalue weighted by atomic mass is 32.2. The number of halogens is 32. The van der Waals surface area contributed by atoms with Crippen LogP contribution in [0.2, 0.25) is 0 Å². The van der Waals surface area contributed by atoms with Crippen LogP contribution in [-0.4, -0.2) is 198 Å². The van der Waals surface area contributed by atoms with Gasteiger partial charge in [-0.1, -0.05) is 0 Å². The van der Waals surface area contributed by atoms with Gasteiger partial charge in [0.2, 0.25) is 0 Å². The summed E-state index contributed by atoms with van der Waals surface area (Å²) in [5.74, 6) is -25.1. The molecule has 56 heteroatoms. The summed E-state index contributed by atoms with van der Waals surface area (Å²) in [5, 5.41) is -29.0. The molecular weight excluding hydrogens is 1450 g/mol. The van der Waals surface area contributed by atoms with Crippen molar-refractivity contribution in [3.05, 3.63) is 0 Å². The molecule has 0 aromatic rings. The zero-order valence-electron chi connectivity index (χ0n) is 41.7. The van der Waals surface area contributed by atoms with E-state index in [1.807, 2.05) is 18.9 Å². The molecule has 0 spiro atoms. The maximum Gasteiger partial charge on any atom is 0.438 e. The first kappa shape index (κ1) is 86.1. The fourth-order valence-electron chi connectivity index (χ4n) is 5.33. The SMILES string of the molecule is O=S(=O)([O-])C(F)(F)C(F)(F)OC(F)(F)C(F)(F)CCCOCC(COCCCC(F)(F)C(F)(F)OC(F)(F)C(F)(F)S(=O)(=O)[O-])(COCCCC(F)(F)C(F)(F)OC(F)(F)C(F)(F)S(=O)(=O)[O-])COCCCC(F)(F)C(F)(F)OC(F)(F)C(F)(F)S(=O)(=O)[O-]. The van der Waals surface area contributed by atoms with Crippen molar-refractivity contribution in [2.24, 2.45) is 5.41 Å². The quantitative estimate of drug-likeness (QED) is 0.0312. The average Bonchev–Trinajstić information content (AvgIpc) is 2.12. The molecule has 89 heavy (non-hydrogen) atoms. The van der Waals surface area contributed by atoms with Gasteiger partial charge < -0.3 is 37.2 Å². The highest BCUT2D eigenvalue weighted by molar-refractivity contribution is 7.87. The normalized spacial score (nSPS) is 16.0. The number of hydrogen-bond donors (Lipinski definition) is 0. The van der Waals surface area contributed by atoms with E-state index >= 15 is 0 Å². The lowest BCUT2D eigenvalue weighted by Crippen LogP contribution is -2.56. The monoisotopic (exact) mass is 1480 g/mol. The number of rotatable bonds is 44. The summed E-state index contributed by atoms with van der Waals surface area (Å²) in [4.78, 5) is 0. The zero-order valence-corrected chi connectivity index (χ0v) is 45.0. The van der Waals surface area contributed by atoms with Crippen LogP contribution in [0.5, 0.6) is 0 Å². The van der Waals surface area contributed by atoms with Gasteiger partial charge in [0, 0.05) is 52.1 Å². The number of alkyl halides is 32. The van der Waals surface area contributed by atoms with Crippen LogP contribution < -0.4 is 0 Å². The second kappa shape index (κ2) is 27.8. The third-order valence-electron chi connectivity index (χ3n) is 10.1. The van der Waals surface area contributed by atoms with Gasteiger partial charge in [-0.05, 0) is 25.7 Å². The van der Waals surface area contributed by atoms with Gasteiger partial charge in [-0.2, -0.15) is 140 Å². The van der Waals surface area contributed by atoms with Gasteiger partial charge in [-0.3, -0.25) is 0 Å². The Hall–Kier alpha value is -2.92. The third-order valence-corrected chi connectivity index (χ3v) is 13.6. The second-order valence-corrected chi connectivity index (χ2v) is 23.1. The Morgan fingerprint density at radius 1 is 0.236 bits per heavy atom. The summed E-state index contributed by atoms with van der Waals surface area (Å²) < 4.78 is 595. The maximum absolute atomic E-state index is 14.4. The van der Waals surface area contributed by atoms with E-state index in [9.17, 15) is 192 Å². The lowest BCUT2D eigenvalue weighted by molar-refractivity contribution is -0.457. The van der Waals surface area contributed by atoms with Gasteiger partial charge in [0.15, 0.2) is 40.5 Å². The average molecular weight is 1480 g/mol. The van der Waals surface area contributed by atoms with E-state index in [1.54, 1.807) is 0 Å². The van der Waals surface area contributed by atoms with Gasteiger partial charge in [0.1, 0.15) is 0 Å². The van der Waals surface area contributed by atoms with Crippen molar-refractivity contribution in [1.82, 2.24) is 0 Å². The Balaban J connectivity index is 7.29. The van der Waals surface area contributed by atoms with E-state index in [0.717, 1.165) is 0 Å². The molecule has 0 atom stereocenters. The Bertz CT molecular complexity index is 2420. The van der Waals surface area contributed by atoms with Gasteiger partial charge in [0.05, 0.1) is 31.8 Å². The smallest absolute Gasteiger partial charge is 0.438 e. The minimum Gasteiger partial charge on any atom is -0.743 e. The summed E-state index contributed by atoms with van der Waals surface area (Å²) in [6, 6.07) is 0. The molecule has 0 aromatic carbocycles. The summed E-state index contributed by atoms with van der Waals surface area (Å²) in [5.41, 5.74) is -2.97. The molecule has 0 fully saturated rings. The highest BCUT2D eigenvalue weighted by Gasteiger charge is 2.75. The van der Waals surface area contributed by atoms with Gasteiger partial charge in [-0.25, -0.2) is 52.6 Å². The van der Waals surface area contributed by atoms with Crippen LogP contribution in [0.25, 0.3) is 0 Å². The molecule has 0 aliphatic carbocycles. The molecule has 0 bridgehead atoms. The van der Waals surface area contributed by atoms with E-state index in [1.165, 1.54) is 0 Å². The van der Waals surface area contributed by atoms with Crippen LogP contribution in [-0.2, 0) is 78.4 Å². The molecule has 0 aromatic heterocycles. The molecule has 0 unspecified atom stereocenters. The lowest BCUT2D eigenvalue weighted by atomic mass is 9.92. The van der Waals surface area contributed by atoms with Crippen molar-refractivity contribution >= 4 is 40.5 Å². The van der Waals surface area contributed by atoms with Crippen LogP contribution in [0.1, 0.15) is 51.4 Å². The first-order valence-corrected chi connectivity index (χ1v) is 27.3. The Labute approximate surface area is 473 Å². The van der Waals surface area contributed by atoms with Crippen molar-refractivity contribution in [2.45, 2.75) is 145 Å². The van der Waals surface area contributed by atoms with E-state index in [0.29, 0.717) is 0 Å². The van der Waals surface area contributed by atoms with E-state index < -0.39 is 244 Å². The van der Waals surface area contributed by atoms with Crippen LogP contribution in [0.4, 0.5) is 140 Å². The first-order valence-electron chi connectivity index (χ1n) is 21.6. The molecule has 0 saturated carbocycles. The molecule has 20 nitrogen and oxygen atoms in total. The summed E-state index contributed by atoms with van der Waals surface area (Å²) >= 11 is 0. The summed E-state index contributed by atoms with van der Waals surface area (Å²) in [6.07, 6.45) is -75.6. The predicted octanol–water partition coefficient (Wildman–Crippen LogP) is 9.06. The number of hydrogen-bond acceptors (Lipinski definition) is 20. The Morgan fingerprint density at radius 2 is 0.371 bits per heavy atom. The van der Waals surface area contributed by atoms with Crippen LogP contribution in [0.15, 0.2) is 0 Å². The molecule has 0 saturated heterocycles. The topological polar surface area (TPSA) is 303 Å². The van der Waals surface area contributed by atoms with Crippen molar-refractivity contribution in [3.8, 4) is 0 Å². The largest absolute Gasteiger partial charge is 0.743 e. The minimum absolute atomic E-state index is 1.75. The molecule has 0 rings (SSSR count). The first-order chi connectivity index (χ1) is 38.7. The van der Waals surface area contributed by atoms with Crippen molar-refractivity contribution in [3.63, 3.8) is 0 Å². The van der Waals surface area contributed by atoms with Crippen molar-refractivity contribution in [1.29, 1.82) is 0 Å². The molecule has 536 valence electrons. The molecular formula is C33H32F32O20S4-4.